The Kier molecular flexibility index (Phi) is 10.9. The van der Waals surface area contributed by atoms with Crippen LogP contribution in [0.2, 0.25) is 0 Å². The average Bonchev–Trinajstić information content (AvgIpc) is 2.03. The molecule has 1 heteroatoms. The van der Waals surface area contributed by atoms with E-state index in [9.17, 15) is 0 Å². The maximum Gasteiger partial charge on any atom is 0.00385 e. The molecule has 0 aliphatic heterocycles. The van der Waals surface area contributed by atoms with Gasteiger partial charge in [-0.15, -0.1) is 0 Å². The Hall–Kier alpha value is -0.0400. The molecule has 0 unspecified atom stereocenters. The van der Waals surface area contributed by atoms with E-state index in [2.05, 4.69) is 39.5 Å². The summed E-state index contributed by atoms with van der Waals surface area (Å²) in [5.74, 6) is 0.794. The van der Waals surface area contributed by atoms with Crippen molar-refractivity contribution in [2.45, 2.75) is 54.5 Å². The van der Waals surface area contributed by atoms with Gasteiger partial charge in [0.25, 0.3) is 0 Å². The first-order valence-electron chi connectivity index (χ1n) is 5.32. The molecule has 0 atom stereocenters. The minimum Gasteiger partial charge on any atom is -0.301 e. The minimum absolute atomic E-state index is 0.701. The lowest BCUT2D eigenvalue weighted by molar-refractivity contribution is 0.208. The van der Waals surface area contributed by atoms with Crippen LogP contribution in [0.25, 0.3) is 0 Å². The van der Waals surface area contributed by atoms with Gasteiger partial charge in [0, 0.05) is 12.6 Å². The Morgan fingerprint density at radius 1 is 1.00 bits per heavy atom. The molecule has 0 rings (SSSR count). The lowest BCUT2D eigenvalue weighted by Gasteiger charge is -2.26. The second-order valence-electron chi connectivity index (χ2n) is 3.58. The van der Waals surface area contributed by atoms with Crippen molar-refractivity contribution in [1.29, 1.82) is 0 Å². The summed E-state index contributed by atoms with van der Waals surface area (Å²) in [6, 6.07) is 0.701. The van der Waals surface area contributed by atoms with E-state index < -0.39 is 0 Å². The van der Waals surface area contributed by atoms with Crippen LogP contribution in [0, 0.1) is 5.92 Å². The molecule has 12 heavy (non-hydrogen) atoms. The van der Waals surface area contributed by atoms with Crippen molar-refractivity contribution >= 4 is 0 Å². The van der Waals surface area contributed by atoms with Gasteiger partial charge in [0.2, 0.25) is 0 Å². The van der Waals surface area contributed by atoms with Gasteiger partial charge < -0.3 is 4.90 Å². The maximum atomic E-state index is 2.49. The van der Waals surface area contributed by atoms with Gasteiger partial charge in [-0.3, -0.25) is 0 Å². The monoisotopic (exact) mass is 173 g/mol. The van der Waals surface area contributed by atoms with E-state index in [1.54, 1.807) is 0 Å². The fourth-order valence-corrected chi connectivity index (χ4v) is 1.17. The predicted octanol–water partition coefficient (Wildman–Crippen LogP) is 3.40. The third kappa shape index (κ3) is 8.06. The first kappa shape index (κ1) is 14.5. The summed E-state index contributed by atoms with van der Waals surface area (Å²) in [6.07, 6.45) is 0. The quantitative estimate of drug-likeness (QED) is 0.630. The summed E-state index contributed by atoms with van der Waals surface area (Å²) in [5, 5.41) is 0. The Bertz CT molecular complexity index is 77.1. The zero-order chi connectivity index (χ0) is 10.1. The SMILES string of the molecule is CC.CCN(CC(C)C)C(C)C. The Morgan fingerprint density at radius 3 is 1.50 bits per heavy atom. The van der Waals surface area contributed by atoms with Gasteiger partial charge in [-0.25, -0.2) is 0 Å². The molecule has 0 aliphatic carbocycles. The predicted molar refractivity (Wildman–Crippen MR) is 58.6 cm³/mol. The molecule has 0 aromatic carbocycles. The Labute approximate surface area is 79.2 Å². The van der Waals surface area contributed by atoms with E-state index in [4.69, 9.17) is 0 Å². The molecule has 0 saturated heterocycles. The van der Waals surface area contributed by atoms with E-state index >= 15 is 0 Å². The lowest BCUT2D eigenvalue weighted by Crippen LogP contribution is -2.33. The van der Waals surface area contributed by atoms with Gasteiger partial charge in [0.15, 0.2) is 0 Å². The van der Waals surface area contributed by atoms with Crippen molar-refractivity contribution in [1.82, 2.24) is 4.90 Å². The highest BCUT2D eigenvalue weighted by Gasteiger charge is 2.07. The van der Waals surface area contributed by atoms with Crippen molar-refractivity contribution in [3.05, 3.63) is 0 Å². The smallest absolute Gasteiger partial charge is 0.00385 e. The molecule has 76 valence electrons. The van der Waals surface area contributed by atoms with E-state index in [1.807, 2.05) is 13.8 Å². The zero-order valence-corrected chi connectivity index (χ0v) is 10.0. The van der Waals surface area contributed by atoms with Crippen LogP contribution in [0.1, 0.15) is 48.5 Å². The summed E-state index contributed by atoms with van der Waals surface area (Å²) in [7, 11) is 0. The molecular formula is C11H27N. The van der Waals surface area contributed by atoms with Gasteiger partial charge >= 0.3 is 0 Å². The molecule has 0 fully saturated rings. The molecule has 0 bridgehead atoms. The van der Waals surface area contributed by atoms with Crippen LogP contribution in [0.15, 0.2) is 0 Å². The second-order valence-corrected chi connectivity index (χ2v) is 3.58. The normalized spacial score (nSPS) is 10.5. The standard InChI is InChI=1S/C9H21N.C2H6/c1-6-10(9(4)5)7-8(2)3;1-2/h8-9H,6-7H2,1-5H3;1-2H3. The third-order valence-electron chi connectivity index (χ3n) is 1.74. The maximum absolute atomic E-state index is 2.49. The van der Waals surface area contributed by atoms with Gasteiger partial charge in [-0.1, -0.05) is 34.6 Å². The van der Waals surface area contributed by atoms with Gasteiger partial charge in [-0.2, -0.15) is 0 Å². The van der Waals surface area contributed by atoms with Gasteiger partial charge in [-0.05, 0) is 26.3 Å². The largest absolute Gasteiger partial charge is 0.301 e. The van der Waals surface area contributed by atoms with Crippen LogP contribution in [-0.2, 0) is 0 Å². The third-order valence-corrected chi connectivity index (χ3v) is 1.74. The highest BCUT2D eigenvalue weighted by Crippen LogP contribution is 2.02. The highest BCUT2D eigenvalue weighted by atomic mass is 15.1. The first-order valence-corrected chi connectivity index (χ1v) is 5.32. The van der Waals surface area contributed by atoms with E-state index in [1.165, 1.54) is 13.1 Å². The van der Waals surface area contributed by atoms with Crippen molar-refractivity contribution in [3.63, 3.8) is 0 Å². The van der Waals surface area contributed by atoms with Crippen LogP contribution >= 0.6 is 0 Å². The molecule has 1 nitrogen and oxygen atoms in total. The van der Waals surface area contributed by atoms with Gasteiger partial charge in [0.05, 0.1) is 0 Å². The summed E-state index contributed by atoms with van der Waals surface area (Å²) in [5.41, 5.74) is 0. The van der Waals surface area contributed by atoms with Crippen LogP contribution in [0.4, 0.5) is 0 Å². The van der Waals surface area contributed by atoms with Crippen molar-refractivity contribution < 1.29 is 0 Å². The summed E-state index contributed by atoms with van der Waals surface area (Å²) < 4.78 is 0. The number of rotatable bonds is 4. The van der Waals surface area contributed by atoms with Crippen LogP contribution in [0.3, 0.4) is 0 Å². The number of hydrogen-bond acceptors (Lipinski definition) is 1. The molecular weight excluding hydrogens is 146 g/mol. The minimum atomic E-state index is 0.701. The second kappa shape index (κ2) is 9.05. The van der Waals surface area contributed by atoms with Crippen LogP contribution in [-0.4, -0.2) is 24.0 Å². The van der Waals surface area contributed by atoms with Crippen molar-refractivity contribution in [2.24, 2.45) is 5.92 Å². The fourth-order valence-electron chi connectivity index (χ4n) is 1.17. The van der Waals surface area contributed by atoms with Crippen molar-refractivity contribution in [3.8, 4) is 0 Å². The summed E-state index contributed by atoms with van der Waals surface area (Å²) in [6.45, 7) is 17.7. The van der Waals surface area contributed by atoms with E-state index in [0.29, 0.717) is 6.04 Å². The molecule has 0 aliphatic rings. The summed E-state index contributed by atoms with van der Waals surface area (Å²) >= 11 is 0. The molecule has 0 radical (unpaired) electrons. The lowest BCUT2D eigenvalue weighted by atomic mass is 10.2. The Balaban J connectivity index is 0. The van der Waals surface area contributed by atoms with Crippen LogP contribution < -0.4 is 0 Å². The van der Waals surface area contributed by atoms with E-state index in [0.717, 1.165) is 5.92 Å². The first-order chi connectivity index (χ1) is 5.57. The fraction of sp³-hybridized carbons (Fsp3) is 1.00. The highest BCUT2D eigenvalue weighted by molar-refractivity contribution is 4.61. The molecule has 0 heterocycles. The van der Waals surface area contributed by atoms with Gasteiger partial charge in [0.1, 0.15) is 0 Å². The van der Waals surface area contributed by atoms with E-state index in [-0.39, 0.29) is 0 Å². The average molecular weight is 173 g/mol. The molecule has 0 aromatic rings. The molecule has 0 N–H and O–H groups in total. The topological polar surface area (TPSA) is 3.24 Å². The van der Waals surface area contributed by atoms with Crippen LogP contribution in [0.5, 0.6) is 0 Å². The molecule has 0 spiro atoms. The molecule has 0 amide bonds. The molecule has 0 aromatic heterocycles. The number of nitrogens with zero attached hydrogens (tertiary/aromatic N) is 1. The summed E-state index contributed by atoms with van der Waals surface area (Å²) in [4.78, 5) is 2.49. The van der Waals surface area contributed by atoms with Crippen molar-refractivity contribution in [2.75, 3.05) is 13.1 Å². The molecule has 0 saturated carbocycles. The Morgan fingerprint density at radius 2 is 1.42 bits per heavy atom. The number of hydrogen-bond donors (Lipinski definition) is 0. The zero-order valence-electron chi connectivity index (χ0n) is 10.0.